The number of nitrogens with two attached hydrogens (primary N) is 1. The molecular weight excluding hydrogens is 266 g/mol. The highest BCUT2D eigenvalue weighted by Gasteiger charge is 2.16. The lowest BCUT2D eigenvalue weighted by molar-refractivity contribution is 0.0602. The number of esters is 1. The van der Waals surface area contributed by atoms with Gasteiger partial charge < -0.3 is 20.3 Å². The molecule has 0 atom stereocenters. The van der Waals surface area contributed by atoms with E-state index in [9.17, 15) is 4.79 Å². The van der Waals surface area contributed by atoms with Crippen LogP contribution < -0.4 is 10.6 Å². The number of carbonyl (C=O) groups excluding carboxylic acids is 1. The van der Waals surface area contributed by atoms with Gasteiger partial charge in [0.2, 0.25) is 0 Å². The Morgan fingerprint density at radius 2 is 2.05 bits per heavy atom. The number of benzene rings is 1. The van der Waals surface area contributed by atoms with Crippen LogP contribution in [0.4, 0.5) is 11.4 Å². The molecule has 5 nitrogen and oxygen atoms in total. The predicted molar refractivity (Wildman–Crippen MR) is 85.9 cm³/mol. The van der Waals surface area contributed by atoms with E-state index >= 15 is 0 Å². The molecule has 1 fully saturated rings. The average Bonchev–Trinajstić information content (AvgIpc) is 3.00. The molecule has 0 aliphatic carbocycles. The van der Waals surface area contributed by atoms with Gasteiger partial charge in [-0.05, 0) is 50.6 Å². The van der Waals surface area contributed by atoms with Gasteiger partial charge in [-0.15, -0.1) is 0 Å². The maximum absolute atomic E-state index is 11.8. The van der Waals surface area contributed by atoms with E-state index in [-0.39, 0.29) is 5.97 Å². The molecule has 0 saturated carbocycles. The van der Waals surface area contributed by atoms with Crippen LogP contribution in [0, 0.1) is 6.92 Å². The number of rotatable bonds is 5. The zero-order valence-corrected chi connectivity index (χ0v) is 13.2. The molecule has 0 unspecified atom stereocenters. The third-order valence-corrected chi connectivity index (χ3v) is 4.17. The van der Waals surface area contributed by atoms with E-state index in [0.29, 0.717) is 11.3 Å². The highest BCUT2D eigenvalue weighted by atomic mass is 16.5. The second-order valence-corrected chi connectivity index (χ2v) is 5.69. The summed E-state index contributed by atoms with van der Waals surface area (Å²) in [5, 5.41) is 0. The molecule has 1 saturated heterocycles. The van der Waals surface area contributed by atoms with Gasteiger partial charge in [0.15, 0.2) is 0 Å². The highest BCUT2D eigenvalue weighted by Crippen LogP contribution is 2.25. The first-order chi connectivity index (χ1) is 10.0. The molecule has 0 radical (unpaired) electrons. The summed E-state index contributed by atoms with van der Waals surface area (Å²) in [5.74, 6) is -0.384. The lowest BCUT2D eigenvalue weighted by Crippen LogP contribution is -2.31. The number of aryl methyl sites for hydroxylation is 1. The summed E-state index contributed by atoms with van der Waals surface area (Å²) < 4.78 is 4.80. The SMILES string of the molecule is COC(=O)c1cc(N(C)CCN2CCCC2)cc(C)c1N. The minimum atomic E-state index is -0.384. The van der Waals surface area contributed by atoms with Crippen LogP contribution in [0.5, 0.6) is 0 Å². The summed E-state index contributed by atoms with van der Waals surface area (Å²) in [4.78, 5) is 16.4. The number of nitrogens with zero attached hydrogens (tertiary/aromatic N) is 2. The maximum atomic E-state index is 11.8. The van der Waals surface area contributed by atoms with Crippen molar-refractivity contribution < 1.29 is 9.53 Å². The van der Waals surface area contributed by atoms with Crippen LogP contribution in [0.3, 0.4) is 0 Å². The van der Waals surface area contributed by atoms with Crippen LogP contribution in [-0.4, -0.2) is 51.2 Å². The van der Waals surface area contributed by atoms with E-state index in [0.717, 1.165) is 24.3 Å². The number of anilines is 2. The molecule has 5 heteroatoms. The first-order valence-electron chi connectivity index (χ1n) is 7.45. The minimum absolute atomic E-state index is 0.384. The standard InChI is InChI=1S/C16H25N3O2/c1-12-10-13(11-14(15(12)17)16(20)21-3)18(2)8-9-19-6-4-5-7-19/h10-11H,4-9,17H2,1-3H3. The van der Waals surface area contributed by atoms with E-state index in [1.807, 2.05) is 26.1 Å². The van der Waals surface area contributed by atoms with Crippen LogP contribution in [-0.2, 0) is 4.74 Å². The monoisotopic (exact) mass is 291 g/mol. The van der Waals surface area contributed by atoms with E-state index < -0.39 is 0 Å². The summed E-state index contributed by atoms with van der Waals surface area (Å²) in [5.41, 5.74) is 8.82. The van der Waals surface area contributed by atoms with Gasteiger partial charge in [0.05, 0.1) is 12.7 Å². The van der Waals surface area contributed by atoms with Crippen LogP contribution in [0.15, 0.2) is 12.1 Å². The van der Waals surface area contributed by atoms with Crippen molar-refractivity contribution in [2.75, 3.05) is 51.0 Å². The van der Waals surface area contributed by atoms with E-state index in [1.54, 1.807) is 0 Å². The zero-order valence-electron chi connectivity index (χ0n) is 13.2. The van der Waals surface area contributed by atoms with Gasteiger partial charge in [-0.1, -0.05) is 0 Å². The first kappa shape index (κ1) is 15.6. The molecule has 1 aliphatic rings. The molecule has 21 heavy (non-hydrogen) atoms. The van der Waals surface area contributed by atoms with Crippen molar-refractivity contribution >= 4 is 17.3 Å². The lowest BCUT2D eigenvalue weighted by atomic mass is 10.1. The number of likely N-dealkylation sites (N-methyl/N-ethyl adjacent to an activating group) is 1. The van der Waals surface area contributed by atoms with Crippen molar-refractivity contribution in [3.63, 3.8) is 0 Å². The molecule has 0 amide bonds. The smallest absolute Gasteiger partial charge is 0.340 e. The molecule has 1 aliphatic heterocycles. The van der Waals surface area contributed by atoms with Gasteiger partial charge >= 0.3 is 5.97 Å². The molecular formula is C16H25N3O2. The van der Waals surface area contributed by atoms with Gasteiger partial charge in [-0.3, -0.25) is 0 Å². The molecule has 0 spiro atoms. The zero-order chi connectivity index (χ0) is 15.4. The Hall–Kier alpha value is -1.75. The van der Waals surface area contributed by atoms with Crippen LogP contribution >= 0.6 is 0 Å². The number of hydrogen-bond acceptors (Lipinski definition) is 5. The fraction of sp³-hybridized carbons (Fsp3) is 0.562. The van der Waals surface area contributed by atoms with Crippen molar-refractivity contribution in [1.82, 2.24) is 4.90 Å². The molecule has 116 valence electrons. The van der Waals surface area contributed by atoms with Crippen molar-refractivity contribution in [1.29, 1.82) is 0 Å². The summed E-state index contributed by atoms with van der Waals surface area (Å²) >= 11 is 0. The Morgan fingerprint density at radius 3 is 2.67 bits per heavy atom. The number of nitrogen functional groups attached to an aromatic ring is 1. The van der Waals surface area contributed by atoms with Gasteiger partial charge in [-0.25, -0.2) is 4.79 Å². The van der Waals surface area contributed by atoms with Gasteiger partial charge in [-0.2, -0.15) is 0 Å². The van der Waals surface area contributed by atoms with Crippen LogP contribution in [0.1, 0.15) is 28.8 Å². The number of methoxy groups -OCH3 is 1. The van der Waals surface area contributed by atoms with Crippen molar-refractivity contribution in [2.24, 2.45) is 0 Å². The topological polar surface area (TPSA) is 58.8 Å². The number of hydrogen-bond donors (Lipinski definition) is 1. The Labute approximate surface area is 126 Å². The second-order valence-electron chi connectivity index (χ2n) is 5.69. The quantitative estimate of drug-likeness (QED) is 0.663. The minimum Gasteiger partial charge on any atom is -0.465 e. The third-order valence-electron chi connectivity index (χ3n) is 4.17. The Bertz CT molecular complexity index is 510. The van der Waals surface area contributed by atoms with Crippen LogP contribution in [0.2, 0.25) is 0 Å². The summed E-state index contributed by atoms with van der Waals surface area (Å²) in [7, 11) is 3.42. The fourth-order valence-corrected chi connectivity index (χ4v) is 2.71. The first-order valence-corrected chi connectivity index (χ1v) is 7.45. The second kappa shape index (κ2) is 6.80. The van der Waals surface area contributed by atoms with Gasteiger partial charge in [0, 0.05) is 31.5 Å². The molecule has 0 aromatic heterocycles. The summed E-state index contributed by atoms with van der Waals surface area (Å²) in [6.07, 6.45) is 2.61. The van der Waals surface area contributed by atoms with E-state index in [1.165, 1.54) is 33.0 Å². The summed E-state index contributed by atoms with van der Waals surface area (Å²) in [6.45, 7) is 6.29. The molecule has 2 rings (SSSR count). The maximum Gasteiger partial charge on any atom is 0.340 e. The molecule has 1 heterocycles. The highest BCUT2D eigenvalue weighted by molar-refractivity contribution is 5.97. The van der Waals surface area contributed by atoms with Gasteiger partial charge in [0.25, 0.3) is 0 Å². The Balaban J connectivity index is 2.10. The lowest BCUT2D eigenvalue weighted by Gasteiger charge is -2.24. The molecule has 1 aromatic carbocycles. The van der Waals surface area contributed by atoms with E-state index in [4.69, 9.17) is 10.5 Å². The van der Waals surface area contributed by atoms with Crippen molar-refractivity contribution in [3.8, 4) is 0 Å². The van der Waals surface area contributed by atoms with Crippen molar-refractivity contribution in [3.05, 3.63) is 23.3 Å². The molecule has 1 aromatic rings. The number of carbonyl (C=O) groups is 1. The largest absolute Gasteiger partial charge is 0.465 e. The van der Waals surface area contributed by atoms with Crippen molar-refractivity contribution in [2.45, 2.75) is 19.8 Å². The Kier molecular flexibility index (Phi) is 5.07. The average molecular weight is 291 g/mol. The fourth-order valence-electron chi connectivity index (χ4n) is 2.71. The predicted octanol–water partition coefficient (Wildman–Crippen LogP) is 1.90. The Morgan fingerprint density at radius 1 is 1.38 bits per heavy atom. The normalized spacial score (nSPS) is 15.2. The third kappa shape index (κ3) is 3.67. The number of likely N-dealkylation sites (tertiary alicyclic amines) is 1. The number of ether oxygens (including phenoxy) is 1. The molecule has 0 bridgehead atoms. The van der Waals surface area contributed by atoms with Gasteiger partial charge in [0.1, 0.15) is 0 Å². The summed E-state index contributed by atoms with van der Waals surface area (Å²) in [6, 6.07) is 3.84. The van der Waals surface area contributed by atoms with E-state index in [2.05, 4.69) is 9.80 Å². The van der Waals surface area contributed by atoms with Crippen LogP contribution in [0.25, 0.3) is 0 Å². The molecule has 2 N–H and O–H groups in total.